The van der Waals surface area contributed by atoms with Crippen molar-refractivity contribution in [2.45, 2.75) is 0 Å². The maximum Gasteiger partial charge on any atom is 0.135 e. The molecule has 0 N–H and O–H groups in total. The Balaban J connectivity index is 1.16. The highest BCUT2D eigenvalue weighted by molar-refractivity contribution is 6.14. The summed E-state index contributed by atoms with van der Waals surface area (Å²) in [4.78, 5) is 2.33. The van der Waals surface area contributed by atoms with Crippen molar-refractivity contribution in [3.63, 3.8) is 0 Å². The first kappa shape index (κ1) is 27.5. The van der Waals surface area contributed by atoms with Gasteiger partial charge in [0.25, 0.3) is 0 Å². The topological polar surface area (TPSA) is 21.3 Å². The average molecular weight is 627 g/mol. The Morgan fingerprint density at radius 3 is 1.88 bits per heavy atom. The average Bonchev–Trinajstić information content (AvgIpc) is 3.69. The summed E-state index contributed by atoms with van der Waals surface area (Å²) in [5.41, 5.74) is 10.9. The molecule has 49 heavy (non-hydrogen) atoms. The zero-order valence-electron chi connectivity index (χ0n) is 26.6. The molecule has 10 aromatic rings. The lowest BCUT2D eigenvalue weighted by atomic mass is 10.0. The van der Waals surface area contributed by atoms with Crippen molar-refractivity contribution in [2.75, 3.05) is 4.90 Å². The molecule has 2 aromatic heterocycles. The zero-order chi connectivity index (χ0) is 32.3. The highest BCUT2D eigenvalue weighted by Crippen LogP contribution is 2.41. The molecule has 0 saturated carbocycles. The zero-order valence-corrected chi connectivity index (χ0v) is 26.6. The smallest absolute Gasteiger partial charge is 0.135 e. The Kier molecular flexibility index (Phi) is 6.18. The number of fused-ring (bicyclic) bond motifs is 7. The van der Waals surface area contributed by atoms with Gasteiger partial charge in [-0.3, -0.25) is 0 Å². The van der Waals surface area contributed by atoms with Gasteiger partial charge in [0.2, 0.25) is 0 Å². The van der Waals surface area contributed by atoms with Gasteiger partial charge < -0.3 is 13.9 Å². The van der Waals surface area contributed by atoms with Gasteiger partial charge in [-0.05, 0) is 101 Å². The lowest BCUT2D eigenvalue weighted by Gasteiger charge is -2.26. The standard InChI is InChI=1S/C46H30N2O/c1-3-15-35(16-4-1)47(38-23-25-46-42(30-38)40-20-9-10-21-45(40)49-46)37-19-11-14-31(26-37)34-22-24-39-41-27-32-12-7-8-13-33(32)28-44(41)48(43(39)29-34)36-17-5-2-6-18-36/h1-30H. The van der Waals surface area contributed by atoms with Crippen LogP contribution in [-0.4, -0.2) is 4.57 Å². The molecule has 3 nitrogen and oxygen atoms in total. The molecule has 0 aliphatic rings. The Morgan fingerprint density at radius 1 is 0.367 bits per heavy atom. The molecule has 0 bridgehead atoms. The maximum atomic E-state index is 6.18. The molecule has 0 radical (unpaired) electrons. The van der Waals surface area contributed by atoms with Crippen molar-refractivity contribution in [2.24, 2.45) is 0 Å². The molecule has 0 atom stereocenters. The number of aromatic nitrogens is 1. The Morgan fingerprint density at radius 2 is 1.02 bits per heavy atom. The number of benzene rings is 8. The van der Waals surface area contributed by atoms with Crippen LogP contribution < -0.4 is 4.90 Å². The van der Waals surface area contributed by atoms with Crippen LogP contribution in [0.3, 0.4) is 0 Å². The number of hydrogen-bond donors (Lipinski definition) is 0. The van der Waals surface area contributed by atoms with Crippen LogP contribution >= 0.6 is 0 Å². The van der Waals surface area contributed by atoms with Crippen LogP contribution in [0.4, 0.5) is 17.1 Å². The molecule has 0 fully saturated rings. The van der Waals surface area contributed by atoms with Crippen LogP contribution in [0.25, 0.3) is 71.3 Å². The van der Waals surface area contributed by atoms with Crippen molar-refractivity contribution in [1.29, 1.82) is 0 Å². The van der Waals surface area contributed by atoms with Crippen LogP contribution in [0.15, 0.2) is 186 Å². The number of furan rings is 1. The van der Waals surface area contributed by atoms with Crippen molar-refractivity contribution >= 4 is 71.6 Å². The molecule has 2 heterocycles. The van der Waals surface area contributed by atoms with E-state index in [1.54, 1.807) is 0 Å². The molecule has 0 unspecified atom stereocenters. The SMILES string of the molecule is c1ccc(N(c2cccc(-c3ccc4c5cc6ccccc6cc5n(-c5ccccc5)c4c3)c2)c2ccc3oc4ccccc4c3c2)cc1. The molecular weight excluding hydrogens is 597 g/mol. The van der Waals surface area contributed by atoms with Crippen molar-refractivity contribution in [3.05, 3.63) is 182 Å². The molecule has 0 spiro atoms. The van der Waals surface area contributed by atoms with Gasteiger partial charge in [-0.1, -0.05) is 103 Å². The van der Waals surface area contributed by atoms with Gasteiger partial charge in [0.05, 0.1) is 11.0 Å². The Labute approximate surface area is 283 Å². The predicted octanol–water partition coefficient (Wildman–Crippen LogP) is 13.0. The van der Waals surface area contributed by atoms with E-state index in [2.05, 4.69) is 179 Å². The van der Waals surface area contributed by atoms with E-state index in [0.717, 1.165) is 50.3 Å². The number of anilines is 3. The Hall–Kier alpha value is -6.58. The maximum absolute atomic E-state index is 6.18. The second kappa shape index (κ2) is 11.0. The first-order valence-electron chi connectivity index (χ1n) is 16.7. The summed E-state index contributed by atoms with van der Waals surface area (Å²) in [7, 11) is 0. The molecule has 0 amide bonds. The fraction of sp³-hybridized carbons (Fsp3) is 0. The molecule has 8 aromatic carbocycles. The van der Waals surface area contributed by atoms with Crippen LogP contribution in [0.2, 0.25) is 0 Å². The monoisotopic (exact) mass is 626 g/mol. The minimum atomic E-state index is 0.890. The first-order valence-corrected chi connectivity index (χ1v) is 16.7. The van der Waals surface area contributed by atoms with Gasteiger partial charge in [-0.25, -0.2) is 0 Å². The summed E-state index contributed by atoms with van der Waals surface area (Å²) < 4.78 is 8.58. The van der Waals surface area contributed by atoms with E-state index < -0.39 is 0 Å². The molecule has 0 aliphatic carbocycles. The third-order valence-corrected chi connectivity index (χ3v) is 9.72. The van der Waals surface area contributed by atoms with Gasteiger partial charge in [-0.2, -0.15) is 0 Å². The van der Waals surface area contributed by atoms with Gasteiger partial charge in [0.15, 0.2) is 0 Å². The van der Waals surface area contributed by atoms with Gasteiger partial charge in [-0.15, -0.1) is 0 Å². The second-order valence-electron chi connectivity index (χ2n) is 12.6. The summed E-state index contributed by atoms with van der Waals surface area (Å²) in [5.74, 6) is 0. The van der Waals surface area contributed by atoms with E-state index in [0.29, 0.717) is 0 Å². The molecule has 0 saturated heterocycles. The molecular formula is C46H30N2O. The fourth-order valence-corrected chi connectivity index (χ4v) is 7.44. The molecule has 10 rings (SSSR count). The summed E-state index contributed by atoms with van der Waals surface area (Å²) in [6, 6.07) is 65.1. The second-order valence-corrected chi connectivity index (χ2v) is 12.6. The molecule has 3 heteroatoms. The molecule has 0 aliphatic heterocycles. The highest BCUT2D eigenvalue weighted by Gasteiger charge is 2.18. The van der Waals surface area contributed by atoms with E-state index in [9.17, 15) is 0 Å². The fourth-order valence-electron chi connectivity index (χ4n) is 7.44. The largest absolute Gasteiger partial charge is 0.456 e. The molecule has 230 valence electrons. The lowest BCUT2D eigenvalue weighted by molar-refractivity contribution is 0.669. The summed E-state index contributed by atoms with van der Waals surface area (Å²) >= 11 is 0. The minimum Gasteiger partial charge on any atom is -0.456 e. The van der Waals surface area contributed by atoms with Crippen molar-refractivity contribution in [1.82, 2.24) is 4.57 Å². The number of hydrogen-bond acceptors (Lipinski definition) is 2. The predicted molar refractivity (Wildman–Crippen MR) is 206 cm³/mol. The van der Waals surface area contributed by atoms with Crippen molar-refractivity contribution in [3.8, 4) is 16.8 Å². The van der Waals surface area contributed by atoms with Gasteiger partial charge in [0, 0.05) is 44.3 Å². The van der Waals surface area contributed by atoms with Crippen LogP contribution in [-0.2, 0) is 0 Å². The first-order chi connectivity index (χ1) is 24.3. The quantitative estimate of drug-likeness (QED) is 0.190. The van der Waals surface area contributed by atoms with Crippen LogP contribution in [0.1, 0.15) is 0 Å². The van der Waals surface area contributed by atoms with E-state index >= 15 is 0 Å². The van der Waals surface area contributed by atoms with E-state index in [1.165, 1.54) is 38.1 Å². The summed E-state index contributed by atoms with van der Waals surface area (Å²) in [5, 5.41) is 7.23. The number of nitrogens with zero attached hydrogens (tertiary/aromatic N) is 2. The summed E-state index contributed by atoms with van der Waals surface area (Å²) in [6.07, 6.45) is 0. The van der Waals surface area contributed by atoms with Gasteiger partial charge in [0.1, 0.15) is 11.2 Å². The summed E-state index contributed by atoms with van der Waals surface area (Å²) in [6.45, 7) is 0. The number of rotatable bonds is 5. The van der Waals surface area contributed by atoms with Crippen molar-refractivity contribution < 1.29 is 4.42 Å². The minimum absolute atomic E-state index is 0.890. The lowest BCUT2D eigenvalue weighted by Crippen LogP contribution is -2.09. The van der Waals surface area contributed by atoms with E-state index in [4.69, 9.17) is 4.42 Å². The number of para-hydroxylation sites is 3. The normalized spacial score (nSPS) is 11.7. The Bertz CT molecular complexity index is 2830. The third kappa shape index (κ3) is 4.51. The van der Waals surface area contributed by atoms with E-state index in [1.807, 2.05) is 12.1 Å². The third-order valence-electron chi connectivity index (χ3n) is 9.72. The van der Waals surface area contributed by atoms with Crippen LogP contribution in [0.5, 0.6) is 0 Å². The van der Waals surface area contributed by atoms with Gasteiger partial charge >= 0.3 is 0 Å². The highest BCUT2D eigenvalue weighted by atomic mass is 16.3. The van der Waals surface area contributed by atoms with Crippen LogP contribution in [0, 0.1) is 0 Å². The van der Waals surface area contributed by atoms with E-state index in [-0.39, 0.29) is 0 Å².